The number of aliphatic hydroxyl groups excluding tert-OH is 1. The standard InChI is InChI=1S/C19H15ClF5N3O3/c1-8-3-9(19(23,24)25)4-15(26-8)28-16(30)7-14(29)17(28)18(31)27(2)13-5-10(20)11(21)6-12(13)22/h3-6,14,17,29H,7H2,1-2H3/t14-,17-/m0/s1. The Morgan fingerprint density at radius 2 is 1.87 bits per heavy atom. The molecule has 31 heavy (non-hydrogen) atoms. The average molecular weight is 464 g/mol. The zero-order valence-electron chi connectivity index (χ0n) is 16.0. The maximum Gasteiger partial charge on any atom is 0.416 e. The lowest BCUT2D eigenvalue weighted by atomic mass is 10.1. The van der Waals surface area contributed by atoms with Gasteiger partial charge in [-0.15, -0.1) is 0 Å². The van der Waals surface area contributed by atoms with Crippen molar-refractivity contribution >= 4 is 34.9 Å². The monoisotopic (exact) mass is 463 g/mol. The van der Waals surface area contributed by atoms with Gasteiger partial charge in [0, 0.05) is 18.8 Å². The second-order valence-electron chi connectivity index (χ2n) is 6.95. The summed E-state index contributed by atoms with van der Waals surface area (Å²) in [5.41, 5.74) is -1.62. The highest BCUT2D eigenvalue weighted by Crippen LogP contribution is 2.35. The number of likely N-dealkylation sites (N-methyl/N-ethyl adjacent to an activating group) is 1. The van der Waals surface area contributed by atoms with Gasteiger partial charge >= 0.3 is 6.18 Å². The molecule has 1 aromatic heterocycles. The zero-order valence-corrected chi connectivity index (χ0v) is 16.8. The SMILES string of the molecule is Cc1cc(C(F)(F)F)cc(N2C(=O)C[C@H](O)[C@H]2C(=O)N(C)c2cc(Cl)c(F)cc2F)n1. The number of hydrogen-bond acceptors (Lipinski definition) is 4. The Labute approximate surface area is 177 Å². The van der Waals surface area contributed by atoms with E-state index in [0.717, 1.165) is 19.2 Å². The maximum absolute atomic E-state index is 14.2. The molecule has 1 aliphatic rings. The number of pyridine rings is 1. The number of carbonyl (C=O) groups is 2. The van der Waals surface area contributed by atoms with E-state index in [0.29, 0.717) is 21.9 Å². The summed E-state index contributed by atoms with van der Waals surface area (Å²) < 4.78 is 67.2. The van der Waals surface area contributed by atoms with Crippen molar-refractivity contribution in [1.29, 1.82) is 0 Å². The van der Waals surface area contributed by atoms with Gasteiger partial charge in [-0.3, -0.25) is 14.5 Å². The van der Waals surface area contributed by atoms with E-state index in [2.05, 4.69) is 4.98 Å². The van der Waals surface area contributed by atoms with Crippen molar-refractivity contribution < 1.29 is 36.6 Å². The number of alkyl halides is 3. The van der Waals surface area contributed by atoms with E-state index in [4.69, 9.17) is 11.6 Å². The fraction of sp³-hybridized carbons (Fsp3) is 0.316. The van der Waals surface area contributed by atoms with E-state index in [1.807, 2.05) is 0 Å². The van der Waals surface area contributed by atoms with Crippen LogP contribution in [0.5, 0.6) is 0 Å². The third-order valence-corrected chi connectivity index (χ3v) is 5.03. The minimum atomic E-state index is -4.74. The van der Waals surface area contributed by atoms with Crippen molar-refractivity contribution in [2.75, 3.05) is 16.8 Å². The summed E-state index contributed by atoms with van der Waals surface area (Å²) in [5, 5.41) is 9.80. The molecule has 6 nitrogen and oxygen atoms in total. The van der Waals surface area contributed by atoms with Gasteiger partial charge in [0.05, 0.1) is 28.8 Å². The van der Waals surface area contributed by atoms with Crippen molar-refractivity contribution in [3.63, 3.8) is 0 Å². The second kappa shape index (κ2) is 8.04. The number of carbonyl (C=O) groups excluding carboxylic acids is 2. The average Bonchev–Trinajstić information content (AvgIpc) is 2.96. The number of nitrogens with zero attached hydrogens (tertiary/aromatic N) is 3. The molecule has 1 N–H and O–H groups in total. The molecule has 0 spiro atoms. The van der Waals surface area contributed by atoms with Gasteiger partial charge in [0.1, 0.15) is 23.5 Å². The van der Waals surface area contributed by atoms with Gasteiger partial charge in [0.15, 0.2) is 0 Å². The fourth-order valence-electron chi connectivity index (χ4n) is 3.29. The van der Waals surface area contributed by atoms with Crippen LogP contribution in [-0.2, 0) is 15.8 Å². The predicted molar refractivity (Wildman–Crippen MR) is 101 cm³/mol. The highest BCUT2D eigenvalue weighted by Gasteiger charge is 2.47. The molecule has 2 atom stereocenters. The van der Waals surface area contributed by atoms with Crippen molar-refractivity contribution in [1.82, 2.24) is 4.98 Å². The van der Waals surface area contributed by atoms with Gasteiger partial charge < -0.3 is 10.0 Å². The molecule has 1 aliphatic heterocycles. The summed E-state index contributed by atoms with van der Waals surface area (Å²) >= 11 is 5.64. The van der Waals surface area contributed by atoms with E-state index >= 15 is 0 Å². The molecule has 0 radical (unpaired) electrons. The molecule has 0 bridgehead atoms. The Bertz CT molecular complexity index is 1060. The van der Waals surface area contributed by atoms with Gasteiger partial charge in [-0.2, -0.15) is 13.2 Å². The summed E-state index contributed by atoms with van der Waals surface area (Å²) in [4.78, 5) is 30.7. The molecular weight excluding hydrogens is 449 g/mol. The summed E-state index contributed by atoms with van der Waals surface area (Å²) in [5.74, 6) is -4.57. The van der Waals surface area contributed by atoms with Crippen LogP contribution in [0.25, 0.3) is 0 Å². The summed E-state index contributed by atoms with van der Waals surface area (Å²) in [6.07, 6.45) is -6.90. The zero-order chi connectivity index (χ0) is 23.2. The van der Waals surface area contributed by atoms with E-state index in [9.17, 15) is 36.6 Å². The topological polar surface area (TPSA) is 73.7 Å². The lowest BCUT2D eigenvalue weighted by molar-refractivity contribution is -0.137. The first-order chi connectivity index (χ1) is 14.3. The Morgan fingerprint density at radius 1 is 1.23 bits per heavy atom. The van der Waals surface area contributed by atoms with Crippen LogP contribution in [0.15, 0.2) is 24.3 Å². The van der Waals surface area contributed by atoms with Gasteiger partial charge in [-0.1, -0.05) is 11.6 Å². The van der Waals surface area contributed by atoms with Crippen LogP contribution in [0.3, 0.4) is 0 Å². The minimum absolute atomic E-state index is 0.0741. The first kappa shape index (κ1) is 22.9. The molecule has 2 aromatic rings. The minimum Gasteiger partial charge on any atom is -0.390 e. The molecule has 1 saturated heterocycles. The largest absolute Gasteiger partial charge is 0.416 e. The second-order valence-corrected chi connectivity index (χ2v) is 7.36. The number of aliphatic hydroxyl groups is 1. The predicted octanol–water partition coefficient (Wildman–Crippen LogP) is 3.47. The van der Waals surface area contributed by atoms with Crippen LogP contribution in [-0.4, -0.2) is 41.1 Å². The highest BCUT2D eigenvalue weighted by atomic mass is 35.5. The van der Waals surface area contributed by atoms with Crippen LogP contribution in [0.1, 0.15) is 17.7 Å². The van der Waals surface area contributed by atoms with E-state index in [-0.39, 0.29) is 5.69 Å². The van der Waals surface area contributed by atoms with Crippen LogP contribution < -0.4 is 9.80 Å². The van der Waals surface area contributed by atoms with E-state index in [1.165, 1.54) is 6.92 Å². The van der Waals surface area contributed by atoms with Crippen molar-refractivity contribution in [3.05, 3.63) is 52.2 Å². The van der Waals surface area contributed by atoms with Crippen molar-refractivity contribution in [2.24, 2.45) is 0 Å². The maximum atomic E-state index is 14.2. The van der Waals surface area contributed by atoms with Crippen LogP contribution in [0.2, 0.25) is 5.02 Å². The number of anilines is 2. The Morgan fingerprint density at radius 3 is 2.48 bits per heavy atom. The third-order valence-electron chi connectivity index (χ3n) is 4.74. The summed E-state index contributed by atoms with van der Waals surface area (Å²) in [7, 11) is 1.09. The number of hydrogen-bond donors (Lipinski definition) is 1. The number of halogens is 6. The molecular formula is C19H15ClF5N3O3. The number of aryl methyl sites for hydroxylation is 1. The number of amides is 2. The Kier molecular flexibility index (Phi) is 5.94. The molecule has 3 rings (SSSR count). The molecule has 166 valence electrons. The van der Waals surface area contributed by atoms with Crippen LogP contribution >= 0.6 is 11.6 Å². The first-order valence-electron chi connectivity index (χ1n) is 8.79. The molecule has 1 aromatic carbocycles. The van der Waals surface area contributed by atoms with Gasteiger partial charge in [-0.25, -0.2) is 13.8 Å². The number of benzene rings is 1. The molecule has 2 heterocycles. The lowest BCUT2D eigenvalue weighted by Crippen LogP contribution is -2.50. The van der Waals surface area contributed by atoms with Crippen molar-refractivity contribution in [2.45, 2.75) is 31.7 Å². The van der Waals surface area contributed by atoms with Gasteiger partial charge in [0.2, 0.25) is 5.91 Å². The van der Waals surface area contributed by atoms with Gasteiger partial charge in [0.25, 0.3) is 5.91 Å². The van der Waals surface area contributed by atoms with Gasteiger partial charge in [-0.05, 0) is 25.1 Å². The van der Waals surface area contributed by atoms with Crippen LogP contribution in [0, 0.1) is 18.6 Å². The Hall–Kier alpha value is -2.79. The molecule has 0 unspecified atom stereocenters. The number of rotatable bonds is 3. The summed E-state index contributed by atoms with van der Waals surface area (Å²) in [6.45, 7) is 1.27. The smallest absolute Gasteiger partial charge is 0.390 e. The molecule has 2 amide bonds. The normalized spacial score (nSPS) is 19.1. The first-order valence-corrected chi connectivity index (χ1v) is 9.17. The fourth-order valence-corrected chi connectivity index (χ4v) is 3.44. The molecule has 12 heteroatoms. The molecule has 0 aliphatic carbocycles. The summed E-state index contributed by atoms with van der Waals surface area (Å²) in [6, 6.07) is 0.950. The van der Waals surface area contributed by atoms with Crippen LogP contribution in [0.4, 0.5) is 33.5 Å². The van der Waals surface area contributed by atoms with Crippen molar-refractivity contribution in [3.8, 4) is 0 Å². The number of aromatic nitrogens is 1. The third kappa shape index (κ3) is 4.33. The Balaban J connectivity index is 2.04. The molecule has 0 saturated carbocycles. The highest BCUT2D eigenvalue weighted by molar-refractivity contribution is 6.31. The molecule has 1 fully saturated rings. The quantitative estimate of drug-likeness (QED) is 0.559. The lowest BCUT2D eigenvalue weighted by Gasteiger charge is -2.29. The van der Waals surface area contributed by atoms with E-state index in [1.54, 1.807) is 0 Å². The van der Waals surface area contributed by atoms with E-state index < -0.39 is 70.3 Å².